The van der Waals surface area contributed by atoms with E-state index in [0.717, 1.165) is 0 Å². The Balaban J connectivity index is 4.76. The normalized spacial score (nSPS) is 14.8. The molecule has 0 spiro atoms. The van der Waals surface area contributed by atoms with Gasteiger partial charge in [-0.3, -0.25) is 19.2 Å². The van der Waals surface area contributed by atoms with Gasteiger partial charge in [0.1, 0.15) is 18.1 Å². The van der Waals surface area contributed by atoms with Gasteiger partial charge in [-0.15, -0.1) is 0 Å². The van der Waals surface area contributed by atoms with Crippen LogP contribution in [0.5, 0.6) is 0 Å². The summed E-state index contributed by atoms with van der Waals surface area (Å²) in [4.78, 5) is 58.5. The van der Waals surface area contributed by atoms with E-state index in [1.807, 2.05) is 0 Å². The van der Waals surface area contributed by atoms with Crippen LogP contribution < -0.4 is 33.2 Å². The maximum atomic E-state index is 12.3. The monoisotopic (exact) mass is 434 g/mol. The van der Waals surface area contributed by atoms with Crippen LogP contribution in [-0.4, -0.2) is 71.2 Å². The number of carbonyl (C=O) groups excluding carboxylic acids is 4. The second kappa shape index (κ2) is 13.7. The Morgan fingerprint density at radius 3 is 2.03 bits per heavy atom. The van der Waals surface area contributed by atoms with Gasteiger partial charge in [-0.2, -0.15) is 12.6 Å². The number of carboxylic acid groups (broad SMARTS) is 1. The van der Waals surface area contributed by atoms with Crippen molar-refractivity contribution < 1.29 is 29.1 Å². The maximum absolute atomic E-state index is 12.3. The van der Waals surface area contributed by atoms with Gasteiger partial charge in [-0.05, 0) is 32.7 Å². The molecule has 13 heteroatoms. The minimum absolute atomic E-state index is 0.105. The van der Waals surface area contributed by atoms with Crippen LogP contribution in [0.1, 0.15) is 32.6 Å². The van der Waals surface area contributed by atoms with Gasteiger partial charge in [0, 0.05) is 5.75 Å². The Morgan fingerprint density at radius 2 is 1.55 bits per heavy atom. The molecule has 0 radical (unpaired) electrons. The van der Waals surface area contributed by atoms with Crippen molar-refractivity contribution >= 4 is 42.2 Å². The van der Waals surface area contributed by atoms with Crippen LogP contribution in [-0.2, 0) is 24.0 Å². The first-order valence-corrected chi connectivity index (χ1v) is 9.65. The molecular weight excluding hydrogens is 404 g/mol. The fourth-order valence-corrected chi connectivity index (χ4v) is 2.47. The lowest BCUT2D eigenvalue weighted by Crippen LogP contribution is -2.57. The van der Waals surface area contributed by atoms with Gasteiger partial charge in [0.25, 0.3) is 0 Å². The first-order valence-electron chi connectivity index (χ1n) is 9.02. The van der Waals surface area contributed by atoms with Gasteiger partial charge in [0.2, 0.25) is 23.6 Å². The van der Waals surface area contributed by atoms with Crippen molar-refractivity contribution in [3.63, 3.8) is 0 Å². The number of nitrogens with one attached hydrogen (secondary N) is 3. The highest BCUT2D eigenvalue weighted by Crippen LogP contribution is 2.02. The molecule has 0 aromatic heterocycles. The van der Waals surface area contributed by atoms with Gasteiger partial charge in [-0.25, -0.2) is 4.79 Å². The number of nitrogens with two attached hydrogens (primary N) is 3. The molecule has 0 aliphatic rings. The molecule has 12 nitrogen and oxygen atoms in total. The van der Waals surface area contributed by atoms with Crippen LogP contribution in [0, 0.1) is 0 Å². The van der Waals surface area contributed by atoms with E-state index in [1.165, 1.54) is 6.92 Å². The van der Waals surface area contributed by atoms with Crippen molar-refractivity contribution in [3.8, 4) is 0 Å². The molecule has 0 rings (SSSR count). The lowest BCUT2D eigenvalue weighted by molar-refractivity contribution is -0.142. The topological polar surface area (TPSA) is 220 Å². The number of carbonyl (C=O) groups is 5. The number of carboxylic acids is 1. The van der Waals surface area contributed by atoms with Gasteiger partial charge in [-0.1, -0.05) is 0 Å². The third-order valence-corrected chi connectivity index (χ3v) is 4.25. The minimum Gasteiger partial charge on any atom is -0.480 e. The summed E-state index contributed by atoms with van der Waals surface area (Å²) in [6, 6.07) is -4.54. The Kier molecular flexibility index (Phi) is 12.6. The molecule has 0 bridgehead atoms. The highest BCUT2D eigenvalue weighted by Gasteiger charge is 2.27. The Bertz CT molecular complexity index is 604. The van der Waals surface area contributed by atoms with E-state index in [9.17, 15) is 29.1 Å². The molecule has 4 atom stereocenters. The van der Waals surface area contributed by atoms with E-state index in [0.29, 0.717) is 19.4 Å². The zero-order valence-electron chi connectivity index (χ0n) is 16.2. The van der Waals surface area contributed by atoms with E-state index in [-0.39, 0.29) is 12.2 Å². The lowest BCUT2D eigenvalue weighted by Gasteiger charge is -2.22. The van der Waals surface area contributed by atoms with E-state index in [4.69, 9.17) is 17.2 Å². The highest BCUT2D eigenvalue weighted by atomic mass is 32.1. The Hall–Kier alpha value is -2.38. The number of hydrogen-bond acceptors (Lipinski definition) is 8. The SMILES string of the molecule is CC(NC(=O)C(CS)NC(=O)C(N)CC(N)=O)C(=O)NC(CCCCN)C(=O)O. The zero-order chi connectivity index (χ0) is 22.6. The zero-order valence-corrected chi connectivity index (χ0v) is 17.1. The van der Waals surface area contributed by atoms with Crippen molar-refractivity contribution in [3.05, 3.63) is 0 Å². The Morgan fingerprint density at radius 1 is 0.966 bits per heavy atom. The van der Waals surface area contributed by atoms with Crippen molar-refractivity contribution in [2.75, 3.05) is 12.3 Å². The average Bonchev–Trinajstić information content (AvgIpc) is 2.63. The van der Waals surface area contributed by atoms with Gasteiger partial charge in [0.15, 0.2) is 0 Å². The number of unbranched alkanes of at least 4 members (excludes halogenated alkanes) is 1. The summed E-state index contributed by atoms with van der Waals surface area (Å²) in [6.07, 6.45) is 0.944. The van der Waals surface area contributed by atoms with Gasteiger partial charge >= 0.3 is 5.97 Å². The lowest BCUT2D eigenvalue weighted by atomic mass is 10.1. The maximum Gasteiger partial charge on any atom is 0.326 e. The summed E-state index contributed by atoms with van der Waals surface area (Å²) in [5.74, 6) is -4.28. The molecule has 0 saturated heterocycles. The molecule has 0 heterocycles. The average molecular weight is 435 g/mol. The smallest absolute Gasteiger partial charge is 0.326 e. The second-order valence-electron chi connectivity index (χ2n) is 6.43. The van der Waals surface area contributed by atoms with E-state index < -0.39 is 60.2 Å². The number of thiol groups is 1. The molecule has 4 amide bonds. The first-order chi connectivity index (χ1) is 13.5. The largest absolute Gasteiger partial charge is 0.480 e. The van der Waals surface area contributed by atoms with Gasteiger partial charge in [0.05, 0.1) is 12.5 Å². The molecule has 0 fully saturated rings. The molecule has 0 aromatic rings. The first kappa shape index (κ1) is 26.6. The van der Waals surface area contributed by atoms with Crippen LogP contribution in [0.4, 0.5) is 0 Å². The molecule has 0 saturated carbocycles. The predicted octanol–water partition coefficient (Wildman–Crippen LogP) is -3.19. The van der Waals surface area contributed by atoms with Crippen LogP contribution >= 0.6 is 12.6 Å². The standard InChI is InChI=1S/C16H30N6O6S/c1-8(13(24)21-10(16(27)28)4-2-3-5-17)20-15(26)11(7-29)22-14(25)9(18)6-12(19)23/h8-11,29H,2-7,17-18H2,1H3,(H2,19,23)(H,20,26)(H,21,24)(H,22,25)(H,27,28). The number of aliphatic carboxylic acids is 1. The molecule has 0 aromatic carbocycles. The van der Waals surface area contributed by atoms with Crippen molar-refractivity contribution in [1.29, 1.82) is 0 Å². The molecule has 29 heavy (non-hydrogen) atoms. The van der Waals surface area contributed by atoms with E-state index in [2.05, 4.69) is 28.6 Å². The third-order valence-electron chi connectivity index (χ3n) is 3.89. The molecule has 166 valence electrons. The summed E-state index contributed by atoms with van der Waals surface area (Å²) in [6.45, 7) is 1.77. The van der Waals surface area contributed by atoms with Crippen LogP contribution in [0.2, 0.25) is 0 Å². The fourth-order valence-electron chi connectivity index (χ4n) is 2.21. The second-order valence-corrected chi connectivity index (χ2v) is 6.80. The number of amides is 4. The molecular formula is C16H30N6O6S. The van der Waals surface area contributed by atoms with E-state index >= 15 is 0 Å². The van der Waals surface area contributed by atoms with Crippen LogP contribution in [0.3, 0.4) is 0 Å². The van der Waals surface area contributed by atoms with Crippen molar-refractivity contribution in [2.45, 2.75) is 56.8 Å². The Labute approximate surface area is 174 Å². The summed E-state index contributed by atoms with van der Waals surface area (Å²) in [7, 11) is 0. The van der Waals surface area contributed by atoms with Crippen molar-refractivity contribution in [2.24, 2.45) is 17.2 Å². The molecule has 4 unspecified atom stereocenters. The fraction of sp³-hybridized carbons (Fsp3) is 0.688. The number of primary amides is 1. The van der Waals surface area contributed by atoms with Gasteiger partial charge < -0.3 is 38.3 Å². The third kappa shape index (κ3) is 10.7. The molecule has 0 aliphatic heterocycles. The van der Waals surface area contributed by atoms with E-state index in [1.54, 1.807) is 0 Å². The van der Waals surface area contributed by atoms with Crippen LogP contribution in [0.15, 0.2) is 0 Å². The van der Waals surface area contributed by atoms with Crippen molar-refractivity contribution in [1.82, 2.24) is 16.0 Å². The summed E-state index contributed by atoms with van der Waals surface area (Å²) in [5, 5.41) is 16.2. The summed E-state index contributed by atoms with van der Waals surface area (Å²) in [5.41, 5.74) is 15.8. The molecule has 10 N–H and O–H groups in total. The quantitative estimate of drug-likeness (QED) is 0.102. The predicted molar refractivity (Wildman–Crippen MR) is 108 cm³/mol. The minimum atomic E-state index is -1.23. The number of rotatable bonds is 14. The van der Waals surface area contributed by atoms with Crippen LogP contribution in [0.25, 0.3) is 0 Å². The highest BCUT2D eigenvalue weighted by molar-refractivity contribution is 7.80. The molecule has 0 aliphatic carbocycles. The summed E-state index contributed by atoms with van der Waals surface area (Å²) >= 11 is 3.98. The number of hydrogen-bond donors (Lipinski definition) is 8. The summed E-state index contributed by atoms with van der Waals surface area (Å²) < 4.78 is 0.